The molecule has 0 amide bonds. The van der Waals surface area contributed by atoms with Crippen LogP contribution < -0.4 is 10.1 Å². The van der Waals surface area contributed by atoms with Crippen LogP contribution in [0.3, 0.4) is 0 Å². The van der Waals surface area contributed by atoms with E-state index in [1.807, 2.05) is 6.07 Å². The van der Waals surface area contributed by atoms with Crippen molar-refractivity contribution in [3.05, 3.63) is 23.8 Å². The van der Waals surface area contributed by atoms with Gasteiger partial charge >= 0.3 is 0 Å². The highest BCUT2D eigenvalue weighted by atomic mass is 16.7. The van der Waals surface area contributed by atoms with Gasteiger partial charge in [0.2, 0.25) is 0 Å². The average Bonchev–Trinajstić information content (AvgIpc) is 2.98. The fraction of sp³-hybridized carbons (Fsp3) is 0.562. The van der Waals surface area contributed by atoms with Crippen molar-refractivity contribution in [1.29, 1.82) is 5.26 Å². The molecule has 1 saturated heterocycles. The molecule has 1 spiro atoms. The third-order valence-electron chi connectivity index (χ3n) is 4.25. The lowest BCUT2D eigenvalue weighted by atomic mass is 9.90. The Morgan fingerprint density at radius 1 is 1.29 bits per heavy atom. The Morgan fingerprint density at radius 2 is 2.00 bits per heavy atom. The molecule has 1 aliphatic carbocycles. The lowest BCUT2D eigenvalue weighted by molar-refractivity contribution is -0.177. The largest absolute Gasteiger partial charge is 0.495 e. The van der Waals surface area contributed by atoms with Crippen LogP contribution in [0.5, 0.6) is 5.75 Å². The molecular weight excluding hydrogens is 268 g/mol. The van der Waals surface area contributed by atoms with E-state index < -0.39 is 0 Å². The number of ether oxygens (including phenoxy) is 3. The van der Waals surface area contributed by atoms with E-state index in [9.17, 15) is 0 Å². The van der Waals surface area contributed by atoms with Crippen LogP contribution in [-0.4, -0.2) is 32.2 Å². The van der Waals surface area contributed by atoms with Crippen LogP contribution in [0.2, 0.25) is 0 Å². The summed E-state index contributed by atoms with van der Waals surface area (Å²) in [6.45, 7) is 1.42. The lowest BCUT2D eigenvalue weighted by Gasteiger charge is -2.36. The van der Waals surface area contributed by atoms with Gasteiger partial charge in [0.25, 0.3) is 0 Å². The molecule has 112 valence electrons. The summed E-state index contributed by atoms with van der Waals surface area (Å²) in [7, 11) is 1.62. The Labute approximate surface area is 124 Å². The monoisotopic (exact) mass is 288 g/mol. The number of rotatable bonds is 3. The third kappa shape index (κ3) is 2.97. The van der Waals surface area contributed by atoms with Crippen LogP contribution in [0.15, 0.2) is 18.2 Å². The van der Waals surface area contributed by atoms with Crippen LogP contribution in [0.25, 0.3) is 0 Å². The first kappa shape index (κ1) is 14.2. The maximum Gasteiger partial charge on any atom is 0.168 e. The summed E-state index contributed by atoms with van der Waals surface area (Å²) in [4.78, 5) is 0. The number of methoxy groups -OCH3 is 1. The lowest BCUT2D eigenvalue weighted by Crippen LogP contribution is -2.39. The molecule has 1 saturated carbocycles. The topological polar surface area (TPSA) is 63.5 Å². The van der Waals surface area contributed by atoms with Crippen LogP contribution in [0.1, 0.15) is 31.2 Å². The fourth-order valence-corrected chi connectivity index (χ4v) is 3.09. The Hall–Kier alpha value is -1.77. The van der Waals surface area contributed by atoms with E-state index >= 15 is 0 Å². The second kappa shape index (κ2) is 5.92. The Kier molecular flexibility index (Phi) is 4.00. The first-order valence-corrected chi connectivity index (χ1v) is 7.37. The van der Waals surface area contributed by atoms with Crippen LogP contribution in [0, 0.1) is 11.3 Å². The zero-order chi connectivity index (χ0) is 14.7. The van der Waals surface area contributed by atoms with E-state index in [-0.39, 0.29) is 5.79 Å². The number of benzene rings is 1. The van der Waals surface area contributed by atoms with Gasteiger partial charge in [-0.3, -0.25) is 0 Å². The van der Waals surface area contributed by atoms with Crippen molar-refractivity contribution in [3.63, 3.8) is 0 Å². The van der Waals surface area contributed by atoms with Gasteiger partial charge in [-0.15, -0.1) is 0 Å². The number of nitrogens with zero attached hydrogens (tertiary/aromatic N) is 1. The molecule has 1 aromatic carbocycles. The van der Waals surface area contributed by atoms with E-state index in [4.69, 9.17) is 19.5 Å². The van der Waals surface area contributed by atoms with Gasteiger partial charge in [0, 0.05) is 24.9 Å². The predicted molar refractivity (Wildman–Crippen MR) is 78.2 cm³/mol. The van der Waals surface area contributed by atoms with Crippen molar-refractivity contribution in [2.45, 2.75) is 37.5 Å². The highest BCUT2D eigenvalue weighted by Gasteiger charge is 2.40. The first-order valence-electron chi connectivity index (χ1n) is 7.37. The fourth-order valence-electron chi connectivity index (χ4n) is 3.09. The normalized spacial score (nSPS) is 21.1. The van der Waals surface area contributed by atoms with Crippen LogP contribution in [0.4, 0.5) is 5.69 Å². The molecule has 0 radical (unpaired) electrons. The third-order valence-corrected chi connectivity index (χ3v) is 4.25. The van der Waals surface area contributed by atoms with Crippen molar-refractivity contribution in [3.8, 4) is 11.8 Å². The summed E-state index contributed by atoms with van der Waals surface area (Å²) in [5.41, 5.74) is 1.54. The molecule has 2 fully saturated rings. The SMILES string of the molecule is COc1cc(C#N)ccc1NC1CCC2(CC1)OCCO2. The zero-order valence-corrected chi connectivity index (χ0v) is 12.2. The number of hydrogen-bond donors (Lipinski definition) is 1. The Bertz CT molecular complexity index is 537. The molecule has 1 N–H and O–H groups in total. The Balaban J connectivity index is 1.64. The van der Waals surface area contributed by atoms with Gasteiger partial charge in [0.1, 0.15) is 5.75 Å². The number of nitriles is 1. The second-order valence-corrected chi connectivity index (χ2v) is 5.55. The van der Waals surface area contributed by atoms with Gasteiger partial charge in [-0.05, 0) is 25.0 Å². The number of nitrogens with one attached hydrogen (secondary N) is 1. The summed E-state index contributed by atoms with van der Waals surface area (Å²) >= 11 is 0. The minimum absolute atomic E-state index is 0.326. The minimum Gasteiger partial charge on any atom is -0.495 e. The summed E-state index contributed by atoms with van der Waals surface area (Å²) < 4.78 is 16.8. The number of hydrogen-bond acceptors (Lipinski definition) is 5. The second-order valence-electron chi connectivity index (χ2n) is 5.55. The molecule has 3 rings (SSSR count). The van der Waals surface area contributed by atoms with E-state index in [1.54, 1.807) is 19.2 Å². The quantitative estimate of drug-likeness (QED) is 0.926. The summed E-state index contributed by atoms with van der Waals surface area (Å²) in [5, 5.41) is 12.4. The van der Waals surface area contributed by atoms with E-state index in [0.29, 0.717) is 30.6 Å². The van der Waals surface area contributed by atoms with Gasteiger partial charge in [-0.1, -0.05) is 0 Å². The van der Waals surface area contributed by atoms with Gasteiger partial charge in [-0.2, -0.15) is 5.26 Å². The highest BCUT2D eigenvalue weighted by molar-refractivity contribution is 5.60. The molecule has 0 atom stereocenters. The molecule has 2 aliphatic rings. The van der Waals surface area contributed by atoms with Gasteiger partial charge in [-0.25, -0.2) is 0 Å². The standard InChI is InChI=1S/C16H20N2O3/c1-19-15-10-12(11-17)2-3-14(15)18-13-4-6-16(7-5-13)20-8-9-21-16/h2-3,10,13,18H,4-9H2,1H3. The molecule has 1 aliphatic heterocycles. The van der Waals surface area contributed by atoms with Crippen molar-refractivity contribution in [2.75, 3.05) is 25.6 Å². The minimum atomic E-state index is -0.326. The van der Waals surface area contributed by atoms with Crippen molar-refractivity contribution in [2.24, 2.45) is 0 Å². The molecular formula is C16H20N2O3. The van der Waals surface area contributed by atoms with E-state index in [0.717, 1.165) is 31.4 Å². The van der Waals surface area contributed by atoms with Crippen LogP contribution in [-0.2, 0) is 9.47 Å². The van der Waals surface area contributed by atoms with Crippen molar-refractivity contribution >= 4 is 5.69 Å². The Morgan fingerprint density at radius 3 is 2.62 bits per heavy atom. The maximum atomic E-state index is 8.93. The summed E-state index contributed by atoms with van der Waals surface area (Å²) in [6.07, 6.45) is 3.85. The van der Waals surface area contributed by atoms with E-state index in [1.165, 1.54) is 0 Å². The summed E-state index contributed by atoms with van der Waals surface area (Å²) in [5.74, 6) is 0.384. The molecule has 5 nitrogen and oxygen atoms in total. The maximum absolute atomic E-state index is 8.93. The predicted octanol–water partition coefficient (Wildman–Crippen LogP) is 2.66. The molecule has 21 heavy (non-hydrogen) atoms. The van der Waals surface area contributed by atoms with E-state index in [2.05, 4.69) is 11.4 Å². The number of anilines is 1. The van der Waals surface area contributed by atoms with Crippen LogP contribution >= 0.6 is 0 Å². The van der Waals surface area contributed by atoms with Crippen molar-refractivity contribution in [1.82, 2.24) is 0 Å². The van der Waals surface area contributed by atoms with Crippen molar-refractivity contribution < 1.29 is 14.2 Å². The molecule has 0 bridgehead atoms. The average molecular weight is 288 g/mol. The van der Waals surface area contributed by atoms with Gasteiger partial charge < -0.3 is 19.5 Å². The summed E-state index contributed by atoms with van der Waals surface area (Å²) in [6, 6.07) is 7.98. The molecule has 1 heterocycles. The zero-order valence-electron chi connectivity index (χ0n) is 12.2. The smallest absolute Gasteiger partial charge is 0.168 e. The van der Waals surface area contributed by atoms with Gasteiger partial charge in [0.15, 0.2) is 5.79 Å². The van der Waals surface area contributed by atoms with Gasteiger partial charge in [0.05, 0.1) is 37.6 Å². The first-order chi connectivity index (χ1) is 10.2. The molecule has 0 unspecified atom stereocenters. The molecule has 1 aromatic rings. The molecule has 5 heteroatoms. The highest BCUT2D eigenvalue weighted by Crippen LogP contribution is 2.37. The molecule has 0 aromatic heterocycles.